The SMILES string of the molecule is Cc1ccc(CCC(=O)NCCOC(=O)C2(c3cccc(Cl)c3)CC2)cc1. The molecule has 0 aromatic heterocycles. The van der Waals surface area contributed by atoms with Gasteiger partial charge in [0.15, 0.2) is 0 Å². The molecule has 0 saturated heterocycles. The van der Waals surface area contributed by atoms with Crippen LogP contribution in [0.5, 0.6) is 0 Å². The molecule has 0 unspecified atom stereocenters. The number of amides is 1. The molecule has 2 aromatic carbocycles. The predicted octanol–water partition coefficient (Wildman–Crippen LogP) is 3.97. The van der Waals surface area contributed by atoms with Crippen LogP contribution in [0.1, 0.15) is 36.0 Å². The standard InChI is InChI=1S/C22H24ClNO3/c1-16-5-7-17(8-6-16)9-10-20(25)24-13-14-27-21(26)22(11-12-22)18-3-2-4-19(23)15-18/h2-8,15H,9-14H2,1H3,(H,24,25). The van der Waals surface area contributed by atoms with E-state index in [-0.39, 0.29) is 18.5 Å². The Balaban J connectivity index is 1.38. The first-order valence-corrected chi connectivity index (χ1v) is 9.63. The number of benzene rings is 2. The summed E-state index contributed by atoms with van der Waals surface area (Å²) in [4.78, 5) is 24.4. The summed E-state index contributed by atoms with van der Waals surface area (Å²) in [5, 5.41) is 3.42. The summed E-state index contributed by atoms with van der Waals surface area (Å²) in [6, 6.07) is 15.5. The average Bonchev–Trinajstić information content (AvgIpc) is 3.47. The highest BCUT2D eigenvalue weighted by molar-refractivity contribution is 6.30. The van der Waals surface area contributed by atoms with Crippen LogP contribution >= 0.6 is 11.6 Å². The quantitative estimate of drug-likeness (QED) is 0.552. The Hall–Kier alpha value is -2.33. The lowest BCUT2D eigenvalue weighted by molar-refractivity contribution is -0.147. The van der Waals surface area contributed by atoms with Crippen molar-refractivity contribution in [1.29, 1.82) is 0 Å². The zero-order valence-electron chi connectivity index (χ0n) is 15.5. The Kier molecular flexibility index (Phi) is 6.17. The summed E-state index contributed by atoms with van der Waals surface area (Å²) >= 11 is 6.03. The van der Waals surface area contributed by atoms with E-state index < -0.39 is 5.41 Å². The first-order chi connectivity index (χ1) is 13.0. The zero-order valence-corrected chi connectivity index (χ0v) is 16.2. The number of rotatable bonds is 8. The molecule has 1 aliphatic carbocycles. The molecule has 1 amide bonds. The normalized spacial score (nSPS) is 14.4. The molecule has 3 rings (SSSR count). The summed E-state index contributed by atoms with van der Waals surface area (Å²) in [7, 11) is 0. The molecule has 0 bridgehead atoms. The highest BCUT2D eigenvalue weighted by Crippen LogP contribution is 2.49. The molecule has 1 fully saturated rings. The van der Waals surface area contributed by atoms with Gasteiger partial charge in [0.1, 0.15) is 6.61 Å². The minimum absolute atomic E-state index is 0.0393. The second kappa shape index (κ2) is 8.57. The number of carbonyl (C=O) groups is 2. The number of aryl methyl sites for hydroxylation is 2. The minimum atomic E-state index is -0.555. The van der Waals surface area contributed by atoms with Gasteiger partial charge in [-0.2, -0.15) is 0 Å². The summed E-state index contributed by atoms with van der Waals surface area (Å²) in [6.07, 6.45) is 2.66. The topological polar surface area (TPSA) is 55.4 Å². The van der Waals surface area contributed by atoms with E-state index >= 15 is 0 Å². The van der Waals surface area contributed by atoms with E-state index in [2.05, 4.69) is 5.32 Å². The van der Waals surface area contributed by atoms with Crippen LogP contribution in [0.25, 0.3) is 0 Å². The molecule has 0 atom stereocenters. The van der Waals surface area contributed by atoms with Crippen molar-refractivity contribution < 1.29 is 14.3 Å². The molecule has 1 N–H and O–H groups in total. The van der Waals surface area contributed by atoms with Gasteiger partial charge < -0.3 is 10.1 Å². The van der Waals surface area contributed by atoms with Crippen molar-refractivity contribution in [2.75, 3.05) is 13.2 Å². The zero-order chi connectivity index (χ0) is 19.3. The molecule has 142 valence electrons. The molecule has 2 aromatic rings. The first-order valence-electron chi connectivity index (χ1n) is 9.25. The molecule has 27 heavy (non-hydrogen) atoms. The van der Waals surface area contributed by atoms with Crippen molar-refractivity contribution in [2.24, 2.45) is 0 Å². The van der Waals surface area contributed by atoms with Gasteiger partial charge in [0, 0.05) is 11.4 Å². The van der Waals surface area contributed by atoms with E-state index in [0.717, 1.165) is 24.0 Å². The molecule has 0 aliphatic heterocycles. The van der Waals surface area contributed by atoms with Gasteiger partial charge >= 0.3 is 5.97 Å². The minimum Gasteiger partial charge on any atom is -0.463 e. The molecule has 1 saturated carbocycles. The fourth-order valence-corrected chi connectivity index (χ4v) is 3.29. The van der Waals surface area contributed by atoms with Crippen molar-refractivity contribution in [3.8, 4) is 0 Å². The third-order valence-electron chi connectivity index (χ3n) is 4.94. The van der Waals surface area contributed by atoms with Crippen molar-refractivity contribution in [2.45, 2.75) is 38.0 Å². The van der Waals surface area contributed by atoms with Gasteiger partial charge in [-0.1, -0.05) is 53.6 Å². The van der Waals surface area contributed by atoms with Crippen LogP contribution in [0.3, 0.4) is 0 Å². The third kappa shape index (κ3) is 5.10. The Labute approximate surface area is 164 Å². The van der Waals surface area contributed by atoms with Crippen molar-refractivity contribution in [1.82, 2.24) is 5.32 Å². The number of ether oxygens (including phenoxy) is 1. The van der Waals surface area contributed by atoms with Gasteiger partial charge in [0.25, 0.3) is 0 Å². The van der Waals surface area contributed by atoms with Gasteiger partial charge in [-0.3, -0.25) is 9.59 Å². The number of nitrogens with one attached hydrogen (secondary N) is 1. The van der Waals surface area contributed by atoms with E-state index in [1.807, 2.05) is 49.4 Å². The van der Waals surface area contributed by atoms with Crippen LogP contribution in [0.15, 0.2) is 48.5 Å². The lowest BCUT2D eigenvalue weighted by atomic mass is 9.96. The van der Waals surface area contributed by atoms with Gasteiger partial charge in [0.2, 0.25) is 5.91 Å². The lowest BCUT2D eigenvalue weighted by Crippen LogP contribution is -2.30. The molecule has 0 heterocycles. The maximum atomic E-state index is 12.4. The Bertz CT molecular complexity index is 813. The molecule has 4 nitrogen and oxygen atoms in total. The molecule has 0 radical (unpaired) electrons. The maximum absolute atomic E-state index is 12.4. The van der Waals surface area contributed by atoms with E-state index in [0.29, 0.717) is 24.4 Å². The second-order valence-corrected chi connectivity index (χ2v) is 7.50. The van der Waals surface area contributed by atoms with E-state index in [9.17, 15) is 9.59 Å². The molecule has 0 spiro atoms. The number of hydrogen-bond donors (Lipinski definition) is 1. The van der Waals surface area contributed by atoms with Crippen LogP contribution in [0.4, 0.5) is 0 Å². The van der Waals surface area contributed by atoms with E-state index in [1.54, 1.807) is 6.07 Å². The van der Waals surface area contributed by atoms with Gasteiger partial charge in [-0.05, 0) is 49.4 Å². The Morgan fingerprint density at radius 1 is 1.15 bits per heavy atom. The predicted molar refractivity (Wildman–Crippen MR) is 106 cm³/mol. The summed E-state index contributed by atoms with van der Waals surface area (Å²) in [5.41, 5.74) is 2.69. The summed E-state index contributed by atoms with van der Waals surface area (Å²) in [6.45, 7) is 2.54. The number of esters is 1. The highest BCUT2D eigenvalue weighted by atomic mass is 35.5. The number of halogens is 1. The molecular weight excluding hydrogens is 362 g/mol. The van der Waals surface area contributed by atoms with Crippen molar-refractivity contribution in [3.63, 3.8) is 0 Å². The van der Waals surface area contributed by atoms with E-state index in [1.165, 1.54) is 5.56 Å². The Morgan fingerprint density at radius 3 is 2.56 bits per heavy atom. The molecular formula is C22H24ClNO3. The smallest absolute Gasteiger partial charge is 0.316 e. The fraction of sp³-hybridized carbons (Fsp3) is 0.364. The second-order valence-electron chi connectivity index (χ2n) is 7.06. The monoisotopic (exact) mass is 385 g/mol. The van der Waals surface area contributed by atoms with E-state index in [4.69, 9.17) is 16.3 Å². The maximum Gasteiger partial charge on any atom is 0.316 e. The van der Waals surface area contributed by atoms with Gasteiger partial charge in [-0.15, -0.1) is 0 Å². The molecule has 5 heteroatoms. The average molecular weight is 386 g/mol. The third-order valence-corrected chi connectivity index (χ3v) is 5.17. The summed E-state index contributed by atoms with van der Waals surface area (Å²) in [5.74, 6) is -0.277. The summed E-state index contributed by atoms with van der Waals surface area (Å²) < 4.78 is 5.39. The van der Waals surface area contributed by atoms with Crippen LogP contribution in [-0.4, -0.2) is 25.0 Å². The fourth-order valence-electron chi connectivity index (χ4n) is 3.10. The first kappa shape index (κ1) is 19.4. The van der Waals surface area contributed by atoms with Crippen molar-refractivity contribution in [3.05, 3.63) is 70.2 Å². The van der Waals surface area contributed by atoms with Crippen LogP contribution in [0.2, 0.25) is 5.02 Å². The van der Waals surface area contributed by atoms with Crippen LogP contribution < -0.4 is 5.32 Å². The molecule has 1 aliphatic rings. The van der Waals surface area contributed by atoms with Gasteiger partial charge in [-0.25, -0.2) is 0 Å². The number of carbonyl (C=O) groups excluding carboxylic acids is 2. The Morgan fingerprint density at radius 2 is 1.89 bits per heavy atom. The largest absolute Gasteiger partial charge is 0.463 e. The van der Waals surface area contributed by atoms with Crippen molar-refractivity contribution >= 4 is 23.5 Å². The highest BCUT2D eigenvalue weighted by Gasteiger charge is 2.52. The van der Waals surface area contributed by atoms with Crippen LogP contribution in [0, 0.1) is 6.92 Å². The van der Waals surface area contributed by atoms with Gasteiger partial charge in [0.05, 0.1) is 12.0 Å². The van der Waals surface area contributed by atoms with Crippen LogP contribution in [-0.2, 0) is 26.2 Å². The number of hydrogen-bond acceptors (Lipinski definition) is 3. The lowest BCUT2D eigenvalue weighted by Gasteiger charge is -2.15.